The van der Waals surface area contributed by atoms with Crippen molar-refractivity contribution in [2.75, 3.05) is 19.6 Å². The molecule has 26 heavy (non-hydrogen) atoms. The zero-order valence-electron chi connectivity index (χ0n) is 15.8. The minimum absolute atomic E-state index is 0.118. The van der Waals surface area contributed by atoms with Gasteiger partial charge in [0.25, 0.3) is 5.56 Å². The van der Waals surface area contributed by atoms with Crippen LogP contribution in [0.25, 0.3) is 5.57 Å². The van der Waals surface area contributed by atoms with E-state index in [9.17, 15) is 4.79 Å². The first-order chi connectivity index (χ1) is 12.3. The summed E-state index contributed by atoms with van der Waals surface area (Å²) in [5.74, 6) is 0. The van der Waals surface area contributed by atoms with Crippen molar-refractivity contribution in [1.29, 1.82) is 0 Å². The molecule has 0 unspecified atom stereocenters. The lowest BCUT2D eigenvalue weighted by Gasteiger charge is -2.20. The highest BCUT2D eigenvalue weighted by molar-refractivity contribution is 6.30. The lowest BCUT2D eigenvalue weighted by molar-refractivity contribution is 0.377. The van der Waals surface area contributed by atoms with Gasteiger partial charge < -0.3 is 4.98 Å². The van der Waals surface area contributed by atoms with Crippen LogP contribution in [0, 0.1) is 0 Å². The van der Waals surface area contributed by atoms with Crippen LogP contribution in [0.1, 0.15) is 50.4 Å². The second kappa shape index (κ2) is 7.81. The van der Waals surface area contributed by atoms with Gasteiger partial charge in [0.1, 0.15) is 5.02 Å². The zero-order valence-corrected chi connectivity index (χ0v) is 16.6. The zero-order chi connectivity index (χ0) is 18.7. The van der Waals surface area contributed by atoms with Crippen LogP contribution in [0.15, 0.2) is 47.3 Å². The van der Waals surface area contributed by atoms with E-state index in [1.54, 1.807) is 6.07 Å². The average molecular weight is 371 g/mol. The second-order valence-corrected chi connectivity index (χ2v) is 8.41. The molecule has 0 aliphatic carbocycles. The van der Waals surface area contributed by atoms with Gasteiger partial charge in [-0.1, -0.05) is 62.7 Å². The Morgan fingerprint density at radius 2 is 1.77 bits per heavy atom. The Bertz CT molecular complexity index is 838. The van der Waals surface area contributed by atoms with E-state index < -0.39 is 0 Å². The van der Waals surface area contributed by atoms with Crippen LogP contribution < -0.4 is 5.56 Å². The molecular formula is C22H27ClN2O. The van der Waals surface area contributed by atoms with Gasteiger partial charge in [-0.3, -0.25) is 9.69 Å². The smallest absolute Gasteiger partial charge is 0.267 e. The fraction of sp³-hybridized carbons (Fsp3) is 0.409. The van der Waals surface area contributed by atoms with Crippen LogP contribution in [0.2, 0.25) is 5.02 Å². The maximum absolute atomic E-state index is 12.0. The molecule has 0 atom stereocenters. The Kier molecular flexibility index (Phi) is 5.69. The van der Waals surface area contributed by atoms with Crippen molar-refractivity contribution in [2.24, 2.45) is 0 Å². The van der Waals surface area contributed by atoms with Crippen LogP contribution in [0.3, 0.4) is 0 Å². The third kappa shape index (κ3) is 4.46. The van der Waals surface area contributed by atoms with Gasteiger partial charge in [-0.05, 0) is 54.6 Å². The number of H-pyrrole nitrogens is 1. The highest BCUT2D eigenvalue weighted by Gasteiger charge is 2.15. The molecule has 2 heterocycles. The summed E-state index contributed by atoms with van der Waals surface area (Å²) in [6, 6.07) is 12.2. The van der Waals surface area contributed by atoms with E-state index in [0.717, 1.165) is 36.5 Å². The van der Waals surface area contributed by atoms with Crippen molar-refractivity contribution in [3.8, 4) is 0 Å². The number of benzene rings is 1. The van der Waals surface area contributed by atoms with Crippen molar-refractivity contribution >= 4 is 17.2 Å². The molecule has 3 nitrogen and oxygen atoms in total. The Morgan fingerprint density at radius 1 is 1.12 bits per heavy atom. The van der Waals surface area contributed by atoms with Crippen LogP contribution >= 0.6 is 11.6 Å². The number of hydrogen-bond donors (Lipinski definition) is 1. The number of rotatable bonds is 4. The van der Waals surface area contributed by atoms with E-state index in [1.807, 2.05) is 6.07 Å². The van der Waals surface area contributed by atoms with Gasteiger partial charge in [0.15, 0.2) is 0 Å². The maximum atomic E-state index is 12.0. The quantitative estimate of drug-likeness (QED) is 0.834. The molecule has 0 bridgehead atoms. The van der Waals surface area contributed by atoms with Crippen LogP contribution in [-0.2, 0) is 5.41 Å². The first kappa shape index (κ1) is 18.9. The highest BCUT2D eigenvalue weighted by atomic mass is 35.5. The lowest BCUT2D eigenvalue weighted by atomic mass is 9.86. The van der Waals surface area contributed by atoms with Gasteiger partial charge in [0.2, 0.25) is 0 Å². The number of aromatic nitrogens is 1. The highest BCUT2D eigenvalue weighted by Crippen LogP contribution is 2.27. The average Bonchev–Trinajstić information content (AvgIpc) is 3.11. The van der Waals surface area contributed by atoms with Crippen LogP contribution in [0.5, 0.6) is 0 Å². The van der Waals surface area contributed by atoms with Gasteiger partial charge >= 0.3 is 0 Å². The van der Waals surface area contributed by atoms with E-state index in [4.69, 9.17) is 11.6 Å². The molecule has 0 radical (unpaired) electrons. The fourth-order valence-electron chi connectivity index (χ4n) is 3.33. The molecular weight excluding hydrogens is 344 g/mol. The van der Waals surface area contributed by atoms with E-state index in [1.165, 1.54) is 18.4 Å². The first-order valence-electron chi connectivity index (χ1n) is 9.27. The number of aromatic amines is 1. The molecule has 0 spiro atoms. The summed E-state index contributed by atoms with van der Waals surface area (Å²) < 4.78 is 0. The normalized spacial score (nSPS) is 16.2. The maximum Gasteiger partial charge on any atom is 0.267 e. The van der Waals surface area contributed by atoms with E-state index >= 15 is 0 Å². The van der Waals surface area contributed by atoms with Crippen molar-refractivity contribution in [3.05, 3.63) is 74.7 Å². The molecule has 0 amide bonds. The summed E-state index contributed by atoms with van der Waals surface area (Å²) >= 11 is 5.91. The fourth-order valence-corrected chi connectivity index (χ4v) is 3.44. The minimum atomic E-state index is -0.248. The number of halogens is 1. The predicted octanol–water partition coefficient (Wildman–Crippen LogP) is 4.85. The number of pyridine rings is 1. The molecule has 1 aliphatic rings. The first-order valence-corrected chi connectivity index (χ1v) is 9.65. The van der Waals surface area contributed by atoms with Gasteiger partial charge in [-0.15, -0.1) is 0 Å². The van der Waals surface area contributed by atoms with E-state index in [-0.39, 0.29) is 16.0 Å². The SMILES string of the molecule is CC(C)(C)c1ccc(C(=CCN2CCCC2)c2ccc(Cl)c(=O)[nH]2)cc1. The Labute approximate surface area is 160 Å². The Morgan fingerprint density at radius 3 is 2.35 bits per heavy atom. The van der Waals surface area contributed by atoms with Gasteiger partial charge in [0, 0.05) is 17.8 Å². The minimum Gasteiger partial charge on any atom is -0.321 e. The van der Waals surface area contributed by atoms with Crippen molar-refractivity contribution in [1.82, 2.24) is 9.88 Å². The Hall–Kier alpha value is -1.84. The van der Waals surface area contributed by atoms with Gasteiger partial charge in [0.05, 0.1) is 0 Å². The largest absolute Gasteiger partial charge is 0.321 e. The lowest BCUT2D eigenvalue weighted by Crippen LogP contribution is -2.19. The molecule has 1 aromatic heterocycles. The van der Waals surface area contributed by atoms with Crippen molar-refractivity contribution < 1.29 is 0 Å². The number of hydrogen-bond acceptors (Lipinski definition) is 2. The third-order valence-corrected chi connectivity index (χ3v) is 5.26. The third-order valence-electron chi connectivity index (χ3n) is 4.97. The summed E-state index contributed by atoms with van der Waals surface area (Å²) in [5, 5.41) is 0.218. The molecule has 0 saturated carbocycles. The van der Waals surface area contributed by atoms with Crippen molar-refractivity contribution in [2.45, 2.75) is 39.0 Å². The summed E-state index contributed by atoms with van der Waals surface area (Å²) in [6.07, 6.45) is 4.75. The summed E-state index contributed by atoms with van der Waals surface area (Å²) in [6.45, 7) is 9.81. The molecule has 1 saturated heterocycles. The summed E-state index contributed by atoms with van der Waals surface area (Å²) in [4.78, 5) is 17.4. The van der Waals surface area contributed by atoms with Gasteiger partial charge in [-0.25, -0.2) is 0 Å². The topological polar surface area (TPSA) is 36.1 Å². The molecule has 4 heteroatoms. The van der Waals surface area contributed by atoms with Crippen LogP contribution in [-0.4, -0.2) is 29.5 Å². The number of likely N-dealkylation sites (tertiary alicyclic amines) is 1. The molecule has 1 N–H and O–H groups in total. The molecule has 1 fully saturated rings. The summed E-state index contributed by atoms with van der Waals surface area (Å²) in [5.41, 5.74) is 4.13. The molecule has 1 aliphatic heterocycles. The Balaban J connectivity index is 1.97. The van der Waals surface area contributed by atoms with E-state index in [2.05, 4.69) is 61.0 Å². The molecule has 3 rings (SSSR count). The monoisotopic (exact) mass is 370 g/mol. The van der Waals surface area contributed by atoms with Crippen molar-refractivity contribution in [3.63, 3.8) is 0 Å². The molecule has 1 aromatic carbocycles. The number of nitrogens with one attached hydrogen (secondary N) is 1. The summed E-state index contributed by atoms with van der Waals surface area (Å²) in [7, 11) is 0. The number of nitrogens with zero attached hydrogens (tertiary/aromatic N) is 1. The predicted molar refractivity (Wildman–Crippen MR) is 110 cm³/mol. The van der Waals surface area contributed by atoms with E-state index in [0.29, 0.717) is 0 Å². The van der Waals surface area contributed by atoms with Crippen LogP contribution in [0.4, 0.5) is 0 Å². The standard InChI is InChI=1S/C22H27ClN2O/c1-22(2,3)17-8-6-16(7-9-17)18(12-15-25-13-4-5-14-25)20-11-10-19(23)21(26)24-20/h6-12H,4-5,13-15H2,1-3H3,(H,24,26). The second-order valence-electron chi connectivity index (χ2n) is 8.00. The van der Waals surface area contributed by atoms with Gasteiger partial charge in [-0.2, -0.15) is 0 Å². The molecule has 2 aromatic rings. The molecule has 138 valence electrons.